The Kier molecular flexibility index (Phi) is 6.52. The first kappa shape index (κ1) is 20.5. The molecular weight excluding hydrogens is 347 g/mol. The number of alkyl halides is 3. The molecule has 0 aromatic heterocycles. The van der Waals surface area contributed by atoms with Crippen LogP contribution < -0.4 is 5.43 Å². The number of amides is 1. The van der Waals surface area contributed by atoms with Crippen LogP contribution in [0.2, 0.25) is 0 Å². The van der Waals surface area contributed by atoms with Gasteiger partial charge in [-0.2, -0.15) is 18.2 Å². The molecule has 1 N–H and O–H groups in total. The van der Waals surface area contributed by atoms with E-state index in [9.17, 15) is 18.0 Å². The molecule has 1 amide bonds. The van der Waals surface area contributed by atoms with E-state index < -0.39 is 12.1 Å². The lowest BCUT2D eigenvalue weighted by molar-refractivity contribution is -0.242. The van der Waals surface area contributed by atoms with Crippen LogP contribution in [0, 0.1) is 5.92 Å². The molecular formula is C18H26F3N3O2. The van der Waals surface area contributed by atoms with Crippen LogP contribution in [-0.4, -0.2) is 47.4 Å². The van der Waals surface area contributed by atoms with Crippen molar-refractivity contribution in [2.24, 2.45) is 5.92 Å². The third-order valence-electron chi connectivity index (χ3n) is 3.85. The average molecular weight is 373 g/mol. The molecule has 1 aliphatic rings. The number of carbonyl (C=O) groups is 1. The maximum absolute atomic E-state index is 13.0. The fourth-order valence-corrected chi connectivity index (χ4v) is 2.91. The zero-order chi connectivity index (χ0) is 19.4. The van der Waals surface area contributed by atoms with Crippen LogP contribution in [0.3, 0.4) is 0 Å². The number of rotatable bonds is 5. The van der Waals surface area contributed by atoms with Gasteiger partial charge in [0.2, 0.25) is 0 Å². The first-order valence-electron chi connectivity index (χ1n) is 8.69. The highest BCUT2D eigenvalue weighted by molar-refractivity contribution is 5.83. The van der Waals surface area contributed by atoms with Crippen LogP contribution >= 0.6 is 0 Å². The predicted octanol–water partition coefficient (Wildman–Crippen LogP) is 3.85. The standard InChI is InChI=1S/C18H26F3N3O2/c1-17(2,3)26-23-11-7-8-14(12-23)13-24(16(25)18(19,20)21)22-15-9-5-4-6-10-15/h4-6,9-10,14,22H,7-8,11-13H2,1-3H3. The number of anilines is 1. The molecule has 1 heterocycles. The zero-order valence-electron chi connectivity index (χ0n) is 15.3. The van der Waals surface area contributed by atoms with Gasteiger partial charge in [0.25, 0.3) is 0 Å². The third kappa shape index (κ3) is 6.49. The Morgan fingerprint density at radius 1 is 1.27 bits per heavy atom. The van der Waals surface area contributed by atoms with Crippen molar-refractivity contribution in [3.8, 4) is 0 Å². The van der Waals surface area contributed by atoms with E-state index in [1.807, 2.05) is 20.8 Å². The monoisotopic (exact) mass is 373 g/mol. The van der Waals surface area contributed by atoms with Gasteiger partial charge in [-0.15, -0.1) is 0 Å². The van der Waals surface area contributed by atoms with Gasteiger partial charge in [-0.05, 0) is 51.7 Å². The lowest BCUT2D eigenvalue weighted by atomic mass is 9.99. The summed E-state index contributed by atoms with van der Waals surface area (Å²) >= 11 is 0. The number of piperidine rings is 1. The Morgan fingerprint density at radius 2 is 1.92 bits per heavy atom. The number of hydrogen-bond acceptors (Lipinski definition) is 4. The van der Waals surface area contributed by atoms with Gasteiger partial charge in [0.1, 0.15) is 0 Å². The number of nitrogens with zero attached hydrogens (tertiary/aromatic N) is 2. The zero-order valence-corrected chi connectivity index (χ0v) is 15.3. The fourth-order valence-electron chi connectivity index (χ4n) is 2.91. The van der Waals surface area contributed by atoms with Crippen molar-refractivity contribution in [3.63, 3.8) is 0 Å². The molecule has 1 aromatic rings. The molecule has 0 spiro atoms. The number of hydrogen-bond donors (Lipinski definition) is 1. The lowest BCUT2D eigenvalue weighted by Crippen LogP contribution is -2.50. The first-order valence-corrected chi connectivity index (χ1v) is 8.69. The molecule has 8 heteroatoms. The highest BCUT2D eigenvalue weighted by Gasteiger charge is 2.43. The summed E-state index contributed by atoms with van der Waals surface area (Å²) in [7, 11) is 0. The van der Waals surface area contributed by atoms with E-state index in [1.165, 1.54) is 0 Å². The van der Waals surface area contributed by atoms with Gasteiger partial charge in [-0.3, -0.25) is 15.1 Å². The maximum Gasteiger partial charge on any atom is 0.473 e. The van der Waals surface area contributed by atoms with Gasteiger partial charge in [0.05, 0.1) is 11.3 Å². The molecule has 1 atom stereocenters. The minimum atomic E-state index is -4.93. The summed E-state index contributed by atoms with van der Waals surface area (Å²) in [5.74, 6) is -2.01. The second-order valence-electron chi connectivity index (χ2n) is 7.49. The van der Waals surface area contributed by atoms with Gasteiger partial charge in [-0.1, -0.05) is 18.2 Å². The number of benzene rings is 1. The molecule has 1 unspecified atom stereocenters. The molecule has 2 rings (SSSR count). The summed E-state index contributed by atoms with van der Waals surface area (Å²) < 4.78 is 39.0. The lowest BCUT2D eigenvalue weighted by Gasteiger charge is -2.38. The number of hydroxylamine groups is 2. The first-order chi connectivity index (χ1) is 12.0. The van der Waals surface area contributed by atoms with E-state index in [-0.39, 0.29) is 18.1 Å². The van der Waals surface area contributed by atoms with Crippen LogP contribution in [0.15, 0.2) is 30.3 Å². The second kappa shape index (κ2) is 8.26. The molecule has 146 valence electrons. The quantitative estimate of drug-likeness (QED) is 0.797. The van der Waals surface area contributed by atoms with Crippen molar-refractivity contribution >= 4 is 11.6 Å². The molecule has 1 fully saturated rings. The van der Waals surface area contributed by atoms with Crippen molar-refractivity contribution in [2.75, 3.05) is 25.1 Å². The number of carbonyl (C=O) groups excluding carboxylic acids is 1. The van der Waals surface area contributed by atoms with Crippen molar-refractivity contribution in [3.05, 3.63) is 30.3 Å². The van der Waals surface area contributed by atoms with Gasteiger partial charge in [0, 0.05) is 19.6 Å². The Labute approximate surface area is 152 Å². The molecule has 0 bridgehead atoms. The molecule has 0 saturated carbocycles. The Balaban J connectivity index is 2.06. The number of hydrazine groups is 1. The van der Waals surface area contributed by atoms with Crippen molar-refractivity contribution in [1.29, 1.82) is 0 Å². The Bertz CT molecular complexity index is 588. The molecule has 26 heavy (non-hydrogen) atoms. The van der Waals surface area contributed by atoms with E-state index in [1.54, 1.807) is 35.4 Å². The maximum atomic E-state index is 13.0. The highest BCUT2D eigenvalue weighted by Crippen LogP contribution is 2.24. The van der Waals surface area contributed by atoms with Crippen LogP contribution in [-0.2, 0) is 9.63 Å². The fraction of sp³-hybridized carbons (Fsp3) is 0.611. The summed E-state index contributed by atoms with van der Waals surface area (Å²) in [6.07, 6.45) is -3.39. The highest BCUT2D eigenvalue weighted by atomic mass is 19.4. The minimum Gasteiger partial charge on any atom is -0.296 e. The number of para-hydroxylation sites is 1. The third-order valence-corrected chi connectivity index (χ3v) is 3.85. The smallest absolute Gasteiger partial charge is 0.296 e. The molecule has 0 radical (unpaired) electrons. The van der Waals surface area contributed by atoms with Crippen LogP contribution in [0.25, 0.3) is 0 Å². The van der Waals surface area contributed by atoms with Crippen LogP contribution in [0.1, 0.15) is 33.6 Å². The van der Waals surface area contributed by atoms with Gasteiger partial charge < -0.3 is 0 Å². The van der Waals surface area contributed by atoms with E-state index >= 15 is 0 Å². The Hall–Kier alpha value is -1.80. The molecule has 5 nitrogen and oxygen atoms in total. The summed E-state index contributed by atoms with van der Waals surface area (Å²) in [6, 6.07) is 8.37. The van der Waals surface area contributed by atoms with E-state index in [0.29, 0.717) is 17.2 Å². The predicted molar refractivity (Wildman–Crippen MR) is 93.0 cm³/mol. The van der Waals surface area contributed by atoms with Gasteiger partial charge in [0.15, 0.2) is 0 Å². The van der Waals surface area contributed by atoms with Gasteiger partial charge >= 0.3 is 12.1 Å². The summed E-state index contributed by atoms with van der Waals surface area (Å²) in [6.45, 7) is 6.94. The van der Waals surface area contributed by atoms with Gasteiger partial charge in [-0.25, -0.2) is 5.01 Å². The average Bonchev–Trinajstić information content (AvgIpc) is 2.52. The number of halogens is 3. The van der Waals surface area contributed by atoms with Crippen LogP contribution in [0.4, 0.5) is 18.9 Å². The molecule has 1 aliphatic heterocycles. The summed E-state index contributed by atoms with van der Waals surface area (Å²) in [5.41, 5.74) is 2.66. The van der Waals surface area contributed by atoms with E-state index in [4.69, 9.17) is 4.84 Å². The van der Waals surface area contributed by atoms with Crippen molar-refractivity contribution in [1.82, 2.24) is 10.1 Å². The SMILES string of the molecule is CC(C)(C)ON1CCCC(CN(Nc2ccccc2)C(=O)C(F)(F)F)C1. The molecule has 0 aliphatic carbocycles. The van der Waals surface area contributed by atoms with Crippen molar-refractivity contribution in [2.45, 2.75) is 45.4 Å². The summed E-state index contributed by atoms with van der Waals surface area (Å²) in [5, 5.41) is 2.45. The normalized spacial score (nSPS) is 19.2. The molecule has 1 saturated heterocycles. The van der Waals surface area contributed by atoms with E-state index in [2.05, 4.69) is 5.43 Å². The van der Waals surface area contributed by atoms with Crippen LogP contribution in [0.5, 0.6) is 0 Å². The van der Waals surface area contributed by atoms with Crippen molar-refractivity contribution < 1.29 is 22.8 Å². The topological polar surface area (TPSA) is 44.8 Å². The number of nitrogens with one attached hydrogen (secondary N) is 1. The summed E-state index contributed by atoms with van der Waals surface area (Å²) in [4.78, 5) is 17.7. The minimum absolute atomic E-state index is 0.0444. The Morgan fingerprint density at radius 3 is 2.50 bits per heavy atom. The second-order valence-corrected chi connectivity index (χ2v) is 7.49. The van der Waals surface area contributed by atoms with E-state index in [0.717, 1.165) is 19.4 Å². The molecule has 1 aromatic carbocycles. The largest absolute Gasteiger partial charge is 0.473 e.